The average Bonchev–Trinajstić information content (AvgIpc) is 2.56. The summed E-state index contributed by atoms with van der Waals surface area (Å²) >= 11 is 0. The fourth-order valence-corrected chi connectivity index (χ4v) is 2.46. The van der Waals surface area contributed by atoms with Gasteiger partial charge in [-0.2, -0.15) is 0 Å². The molecule has 0 saturated heterocycles. The van der Waals surface area contributed by atoms with Gasteiger partial charge in [0.25, 0.3) is 15.9 Å². The lowest BCUT2D eigenvalue weighted by Gasteiger charge is -2.14. The second kappa shape index (κ2) is 8.28. The van der Waals surface area contributed by atoms with Crippen LogP contribution < -0.4 is 5.32 Å². The number of nitrogens with one attached hydrogen (secondary N) is 1. The molecular weight excluding hydrogens is 324 g/mol. The summed E-state index contributed by atoms with van der Waals surface area (Å²) in [5.74, 6) is 0.811. The smallest absolute Gasteiger partial charge is 0.338 e. The maximum absolute atomic E-state index is 12.1. The number of benzene rings is 1. The van der Waals surface area contributed by atoms with Gasteiger partial charge in [0.15, 0.2) is 6.61 Å². The summed E-state index contributed by atoms with van der Waals surface area (Å²) in [5.41, 5.74) is -0.0136. The Morgan fingerprint density at radius 2 is 2.09 bits per heavy atom. The van der Waals surface area contributed by atoms with Gasteiger partial charge in [-0.15, -0.1) is 6.42 Å². The summed E-state index contributed by atoms with van der Waals surface area (Å²) in [7, 11) is -1.47. The van der Waals surface area contributed by atoms with Crippen LogP contribution in [-0.4, -0.2) is 52.1 Å². The van der Waals surface area contributed by atoms with Crippen LogP contribution in [0.25, 0.3) is 0 Å². The van der Waals surface area contributed by atoms with Crippen LogP contribution in [0.3, 0.4) is 0 Å². The third-order valence-corrected chi connectivity index (χ3v) is 4.36. The van der Waals surface area contributed by atoms with Crippen molar-refractivity contribution in [2.24, 2.45) is 0 Å². The normalized spacial score (nSPS) is 10.9. The molecule has 0 spiro atoms. The average molecular weight is 340 g/mol. The van der Waals surface area contributed by atoms with E-state index in [-0.39, 0.29) is 17.0 Å². The molecule has 9 heteroatoms. The van der Waals surface area contributed by atoms with Crippen molar-refractivity contribution in [3.8, 4) is 12.3 Å². The minimum atomic E-state index is -3.89. The monoisotopic (exact) mass is 340 g/mol. The second-order valence-electron chi connectivity index (χ2n) is 4.18. The molecule has 1 aromatic carbocycles. The van der Waals surface area contributed by atoms with Gasteiger partial charge in [0.05, 0.1) is 24.1 Å². The van der Waals surface area contributed by atoms with Crippen LogP contribution in [-0.2, 0) is 24.4 Å². The number of esters is 1. The highest BCUT2D eigenvalue weighted by molar-refractivity contribution is 7.89. The van der Waals surface area contributed by atoms with Crippen molar-refractivity contribution in [3.63, 3.8) is 0 Å². The second-order valence-corrected chi connectivity index (χ2v) is 6.12. The molecule has 0 unspecified atom stereocenters. The fraction of sp³-hybridized carbons (Fsp3) is 0.286. The van der Waals surface area contributed by atoms with Crippen LogP contribution in [0, 0.1) is 12.3 Å². The van der Waals surface area contributed by atoms with E-state index in [2.05, 4.69) is 16.1 Å². The first kappa shape index (κ1) is 18.6. The Kier molecular flexibility index (Phi) is 6.71. The first-order valence-electron chi connectivity index (χ1n) is 6.33. The molecule has 0 saturated carbocycles. The van der Waals surface area contributed by atoms with Gasteiger partial charge in [-0.3, -0.25) is 9.63 Å². The summed E-state index contributed by atoms with van der Waals surface area (Å²) in [4.78, 5) is 27.6. The summed E-state index contributed by atoms with van der Waals surface area (Å²) < 4.78 is 29.6. The van der Waals surface area contributed by atoms with E-state index in [0.717, 1.165) is 6.07 Å². The minimum absolute atomic E-state index is 0.0136. The van der Waals surface area contributed by atoms with Crippen molar-refractivity contribution in [1.29, 1.82) is 0 Å². The van der Waals surface area contributed by atoms with Gasteiger partial charge in [0.1, 0.15) is 0 Å². The molecule has 23 heavy (non-hydrogen) atoms. The Balaban J connectivity index is 2.83. The number of sulfonamides is 1. The van der Waals surface area contributed by atoms with Crippen LogP contribution in [0.5, 0.6) is 0 Å². The molecule has 0 aliphatic heterocycles. The summed E-state index contributed by atoms with van der Waals surface area (Å²) in [5, 5.41) is 2.33. The van der Waals surface area contributed by atoms with Gasteiger partial charge >= 0.3 is 5.97 Å². The number of carbonyl (C=O) groups excluding carboxylic acids is 2. The fourth-order valence-electron chi connectivity index (χ4n) is 1.45. The number of hydroxylamine groups is 1. The molecule has 124 valence electrons. The molecule has 0 bridgehead atoms. The van der Waals surface area contributed by atoms with Crippen LogP contribution in [0.2, 0.25) is 0 Å². The van der Waals surface area contributed by atoms with Crippen LogP contribution >= 0.6 is 0 Å². The Morgan fingerprint density at radius 3 is 2.70 bits per heavy atom. The maximum atomic E-state index is 12.1. The molecule has 8 nitrogen and oxygen atoms in total. The number of carbonyl (C=O) groups is 2. The van der Waals surface area contributed by atoms with E-state index in [1.807, 2.05) is 0 Å². The minimum Gasteiger partial charge on any atom is -0.452 e. The van der Waals surface area contributed by atoms with Crippen molar-refractivity contribution in [2.75, 3.05) is 27.3 Å². The Bertz CT molecular complexity index is 723. The SMILES string of the molecule is C#CCNC(=O)COC(=O)c1cccc(S(=O)(=O)N(C)OC)c1. The van der Waals surface area contributed by atoms with E-state index in [1.54, 1.807) is 0 Å². The van der Waals surface area contributed by atoms with E-state index in [4.69, 9.17) is 11.2 Å². The molecule has 0 aliphatic rings. The molecule has 0 aromatic heterocycles. The zero-order chi connectivity index (χ0) is 17.5. The molecule has 1 aromatic rings. The standard InChI is InChI=1S/C14H16N2O6S/c1-4-8-15-13(17)10-22-14(18)11-6-5-7-12(9-11)23(19,20)16(2)21-3/h1,5-7,9H,8,10H2,2-3H3,(H,15,17). The first-order valence-corrected chi connectivity index (χ1v) is 7.77. The van der Waals surface area contributed by atoms with Gasteiger partial charge in [-0.1, -0.05) is 16.5 Å². The highest BCUT2D eigenvalue weighted by Crippen LogP contribution is 2.16. The predicted molar refractivity (Wildman–Crippen MR) is 80.5 cm³/mol. The molecule has 1 rings (SSSR count). The van der Waals surface area contributed by atoms with Gasteiger partial charge in [0, 0.05) is 7.05 Å². The van der Waals surface area contributed by atoms with E-state index < -0.39 is 28.5 Å². The number of ether oxygens (including phenoxy) is 1. The van der Waals surface area contributed by atoms with E-state index in [0.29, 0.717) is 4.47 Å². The molecule has 0 aliphatic carbocycles. The number of hydrogen-bond donors (Lipinski definition) is 1. The lowest BCUT2D eigenvalue weighted by molar-refractivity contribution is -0.123. The third-order valence-electron chi connectivity index (χ3n) is 2.69. The van der Waals surface area contributed by atoms with E-state index >= 15 is 0 Å². The molecule has 0 heterocycles. The third kappa shape index (κ3) is 5.07. The number of nitrogens with zero attached hydrogens (tertiary/aromatic N) is 1. The van der Waals surface area contributed by atoms with Crippen LogP contribution in [0.4, 0.5) is 0 Å². The van der Waals surface area contributed by atoms with Crippen molar-refractivity contribution < 1.29 is 27.6 Å². The van der Waals surface area contributed by atoms with Crippen molar-refractivity contribution >= 4 is 21.9 Å². The predicted octanol–water partition coefficient (Wildman–Crippen LogP) is -0.225. The summed E-state index contributed by atoms with van der Waals surface area (Å²) in [6.07, 6.45) is 4.97. The van der Waals surface area contributed by atoms with Gasteiger partial charge in [0.2, 0.25) is 0 Å². The topological polar surface area (TPSA) is 102 Å². The zero-order valence-corrected chi connectivity index (χ0v) is 13.4. The summed E-state index contributed by atoms with van der Waals surface area (Å²) in [6.45, 7) is -0.497. The lowest BCUT2D eigenvalue weighted by Crippen LogP contribution is -2.29. The lowest BCUT2D eigenvalue weighted by atomic mass is 10.2. The molecule has 0 atom stereocenters. The van der Waals surface area contributed by atoms with Crippen LogP contribution in [0.15, 0.2) is 29.2 Å². The largest absolute Gasteiger partial charge is 0.452 e. The molecule has 1 N–H and O–H groups in total. The van der Waals surface area contributed by atoms with Crippen molar-refractivity contribution in [2.45, 2.75) is 4.90 Å². The van der Waals surface area contributed by atoms with E-state index in [9.17, 15) is 18.0 Å². The Hall–Kier alpha value is -2.41. The molecule has 0 radical (unpaired) electrons. The summed E-state index contributed by atoms with van der Waals surface area (Å²) in [6, 6.07) is 5.19. The quantitative estimate of drug-likeness (QED) is 0.418. The van der Waals surface area contributed by atoms with Gasteiger partial charge in [-0.25, -0.2) is 13.2 Å². The first-order chi connectivity index (χ1) is 10.8. The van der Waals surface area contributed by atoms with Crippen molar-refractivity contribution in [1.82, 2.24) is 9.79 Å². The Morgan fingerprint density at radius 1 is 1.39 bits per heavy atom. The highest BCUT2D eigenvalue weighted by atomic mass is 32.2. The van der Waals surface area contributed by atoms with Crippen LogP contribution in [0.1, 0.15) is 10.4 Å². The number of rotatable bonds is 7. The number of amides is 1. The molecule has 1 amide bonds. The van der Waals surface area contributed by atoms with Gasteiger partial charge < -0.3 is 10.1 Å². The van der Waals surface area contributed by atoms with E-state index in [1.165, 1.54) is 32.4 Å². The number of terminal acetylenes is 1. The maximum Gasteiger partial charge on any atom is 0.338 e. The van der Waals surface area contributed by atoms with Gasteiger partial charge in [-0.05, 0) is 18.2 Å². The van der Waals surface area contributed by atoms with Crippen molar-refractivity contribution in [3.05, 3.63) is 29.8 Å². The molecular formula is C14H16N2O6S. The Labute approximate surface area is 134 Å². The zero-order valence-electron chi connectivity index (χ0n) is 12.6. The number of hydrogen-bond acceptors (Lipinski definition) is 6. The highest BCUT2D eigenvalue weighted by Gasteiger charge is 2.22. The molecule has 0 fully saturated rings.